The lowest BCUT2D eigenvalue weighted by Crippen LogP contribution is -2.35. The van der Waals surface area contributed by atoms with Gasteiger partial charge in [0.15, 0.2) is 5.82 Å². The molecule has 1 aromatic carbocycles. The predicted octanol–water partition coefficient (Wildman–Crippen LogP) is 4.87. The molecule has 0 amide bonds. The second kappa shape index (κ2) is 10.9. The van der Waals surface area contributed by atoms with Crippen LogP contribution in [0, 0.1) is 0 Å². The number of carboxylic acid groups (broad SMARTS) is 1. The van der Waals surface area contributed by atoms with Crippen molar-refractivity contribution in [2.24, 2.45) is 0 Å². The number of benzene rings is 1. The van der Waals surface area contributed by atoms with Crippen molar-refractivity contribution < 1.29 is 37.3 Å². The number of anilines is 2. The van der Waals surface area contributed by atoms with E-state index in [0.29, 0.717) is 5.82 Å². The number of carboxylic acids is 1. The van der Waals surface area contributed by atoms with Crippen molar-refractivity contribution in [1.29, 1.82) is 0 Å². The summed E-state index contributed by atoms with van der Waals surface area (Å²) in [5, 5.41) is 20.1. The summed E-state index contributed by atoms with van der Waals surface area (Å²) in [5.74, 6) is -0.0666. The summed E-state index contributed by atoms with van der Waals surface area (Å²) in [4.78, 5) is 21.0. The Bertz CT molecular complexity index is 1330. The van der Waals surface area contributed by atoms with Gasteiger partial charge in [0.2, 0.25) is 0 Å². The Morgan fingerprint density at radius 3 is 2.58 bits per heavy atom. The fraction of sp³-hybridized carbons (Fsp3) is 0.261. The minimum atomic E-state index is -5.08. The van der Waals surface area contributed by atoms with Crippen LogP contribution in [0.2, 0.25) is 0 Å². The smallest absolute Gasteiger partial charge is 0.490 e. The highest BCUT2D eigenvalue weighted by molar-refractivity contribution is 7.22. The largest absolute Gasteiger partial charge is 0.508 e. The maximum atomic E-state index is 10.6. The highest BCUT2D eigenvalue weighted by Gasteiger charge is 2.38. The molecular formula is C23H21F3N4O5S. The molecular weight excluding hydrogens is 501 g/mol. The van der Waals surface area contributed by atoms with Crippen LogP contribution in [0.1, 0.15) is 5.76 Å². The molecule has 13 heteroatoms. The second-order valence-electron chi connectivity index (χ2n) is 7.68. The minimum Gasteiger partial charge on any atom is -0.508 e. The average Bonchev–Trinajstić information content (AvgIpc) is 3.47. The van der Waals surface area contributed by atoms with Crippen molar-refractivity contribution in [3.63, 3.8) is 0 Å². The molecule has 9 nitrogen and oxygen atoms in total. The van der Waals surface area contributed by atoms with Gasteiger partial charge in [0, 0.05) is 24.8 Å². The molecule has 1 aliphatic rings. The maximum absolute atomic E-state index is 10.6. The van der Waals surface area contributed by atoms with Gasteiger partial charge < -0.3 is 24.7 Å². The zero-order chi connectivity index (χ0) is 25.7. The Labute approximate surface area is 206 Å². The first-order valence-electron chi connectivity index (χ1n) is 10.7. The van der Waals surface area contributed by atoms with E-state index in [0.717, 1.165) is 65.1 Å². The zero-order valence-electron chi connectivity index (χ0n) is 18.7. The molecule has 0 atom stereocenters. The molecule has 0 aliphatic carbocycles. The molecule has 0 unspecified atom stereocenters. The van der Waals surface area contributed by atoms with Gasteiger partial charge in [-0.3, -0.25) is 4.90 Å². The van der Waals surface area contributed by atoms with Crippen LogP contribution in [-0.4, -0.2) is 63.5 Å². The minimum absolute atomic E-state index is 0.204. The number of nitrogens with zero attached hydrogens (tertiary/aromatic N) is 3. The van der Waals surface area contributed by atoms with Gasteiger partial charge in [0.05, 0.1) is 34.9 Å². The fourth-order valence-electron chi connectivity index (χ4n) is 3.36. The number of phenols is 1. The zero-order valence-corrected chi connectivity index (χ0v) is 19.5. The third kappa shape index (κ3) is 6.50. The molecule has 1 fully saturated rings. The first-order chi connectivity index (χ1) is 17.2. The summed E-state index contributed by atoms with van der Waals surface area (Å²) < 4.78 is 44.2. The van der Waals surface area contributed by atoms with Gasteiger partial charge in [0.1, 0.15) is 23.6 Å². The summed E-state index contributed by atoms with van der Waals surface area (Å²) in [6, 6.07) is 13.0. The van der Waals surface area contributed by atoms with Crippen LogP contribution in [0.15, 0.2) is 53.2 Å². The summed E-state index contributed by atoms with van der Waals surface area (Å²) in [6.45, 7) is 4.20. The first kappa shape index (κ1) is 25.4. The van der Waals surface area contributed by atoms with E-state index in [2.05, 4.69) is 20.2 Å². The van der Waals surface area contributed by atoms with E-state index in [4.69, 9.17) is 19.1 Å². The van der Waals surface area contributed by atoms with Crippen molar-refractivity contribution in [2.45, 2.75) is 12.7 Å². The lowest BCUT2D eigenvalue weighted by Gasteiger charge is -2.25. The molecule has 0 spiro atoms. The number of thiophene rings is 1. The van der Waals surface area contributed by atoms with E-state index in [1.165, 1.54) is 6.33 Å². The topological polar surface area (TPSA) is 121 Å². The van der Waals surface area contributed by atoms with E-state index in [1.807, 2.05) is 24.3 Å². The highest BCUT2D eigenvalue weighted by atomic mass is 32.1. The predicted molar refractivity (Wildman–Crippen MR) is 126 cm³/mol. The number of hydrogen-bond acceptors (Lipinski definition) is 9. The fourth-order valence-corrected chi connectivity index (χ4v) is 4.38. The number of furan rings is 1. The molecule has 0 radical (unpaired) electrons. The number of phenolic OH excluding ortho intramolecular Hbond substituents is 1. The lowest BCUT2D eigenvalue weighted by atomic mass is 10.3. The molecule has 3 N–H and O–H groups in total. The van der Waals surface area contributed by atoms with Gasteiger partial charge >= 0.3 is 12.1 Å². The van der Waals surface area contributed by atoms with Crippen molar-refractivity contribution >= 4 is 39.0 Å². The van der Waals surface area contributed by atoms with E-state index in [-0.39, 0.29) is 5.75 Å². The number of carbonyl (C=O) groups is 1. The van der Waals surface area contributed by atoms with Crippen LogP contribution in [0.4, 0.5) is 24.7 Å². The second-order valence-corrected chi connectivity index (χ2v) is 8.73. The number of aromatic hydroxyl groups is 1. The van der Waals surface area contributed by atoms with Gasteiger partial charge in [-0.1, -0.05) is 6.07 Å². The quantitative estimate of drug-likeness (QED) is 0.337. The molecule has 36 heavy (non-hydrogen) atoms. The Kier molecular flexibility index (Phi) is 7.72. The molecule has 190 valence electrons. The Morgan fingerprint density at radius 2 is 1.89 bits per heavy atom. The Balaban J connectivity index is 0.000000384. The van der Waals surface area contributed by atoms with E-state index in [1.54, 1.807) is 29.5 Å². The molecule has 3 aromatic heterocycles. The van der Waals surface area contributed by atoms with Gasteiger partial charge in [0.25, 0.3) is 0 Å². The van der Waals surface area contributed by atoms with Crippen LogP contribution in [0.5, 0.6) is 5.75 Å². The third-order valence-electron chi connectivity index (χ3n) is 5.05. The Hall–Kier alpha value is -3.68. The number of aliphatic carboxylic acids is 1. The molecule has 0 bridgehead atoms. The van der Waals surface area contributed by atoms with Crippen LogP contribution in [0.3, 0.4) is 0 Å². The number of rotatable bonds is 5. The molecule has 0 saturated carbocycles. The van der Waals surface area contributed by atoms with Crippen molar-refractivity contribution in [3.05, 3.63) is 54.6 Å². The number of alkyl halides is 3. The van der Waals surface area contributed by atoms with Crippen LogP contribution >= 0.6 is 11.3 Å². The highest BCUT2D eigenvalue weighted by Crippen LogP contribution is 2.37. The molecule has 1 aliphatic heterocycles. The van der Waals surface area contributed by atoms with E-state index >= 15 is 0 Å². The Morgan fingerprint density at radius 1 is 1.14 bits per heavy atom. The summed E-state index contributed by atoms with van der Waals surface area (Å²) in [7, 11) is 0. The van der Waals surface area contributed by atoms with Crippen LogP contribution in [0.25, 0.3) is 20.9 Å². The normalized spacial score (nSPS) is 14.3. The summed E-state index contributed by atoms with van der Waals surface area (Å²) in [6.07, 6.45) is -3.55. The third-order valence-corrected chi connectivity index (χ3v) is 6.20. The summed E-state index contributed by atoms with van der Waals surface area (Å²) >= 11 is 1.58. The van der Waals surface area contributed by atoms with Crippen molar-refractivity contribution in [2.75, 3.05) is 31.6 Å². The number of hydrogen-bond donors (Lipinski definition) is 3. The van der Waals surface area contributed by atoms with Gasteiger partial charge in [-0.2, -0.15) is 13.2 Å². The number of morpholine rings is 1. The maximum Gasteiger partial charge on any atom is 0.490 e. The van der Waals surface area contributed by atoms with Gasteiger partial charge in [-0.15, -0.1) is 11.3 Å². The number of nitrogens with one attached hydrogen (secondary N) is 1. The number of ether oxygens (including phenoxy) is 1. The molecule has 1 saturated heterocycles. The van der Waals surface area contributed by atoms with Crippen LogP contribution < -0.4 is 5.32 Å². The SMILES string of the molecule is O=C(O)C(F)(F)F.Oc1cccc(Nc2ncnc3cc(-c4ccc(CN5CCOCC5)o4)sc23)c1. The van der Waals surface area contributed by atoms with E-state index in [9.17, 15) is 18.3 Å². The number of fused-ring (bicyclic) bond motifs is 1. The molecule has 4 aromatic rings. The van der Waals surface area contributed by atoms with Crippen molar-refractivity contribution in [1.82, 2.24) is 14.9 Å². The average molecular weight is 523 g/mol. The van der Waals surface area contributed by atoms with Crippen molar-refractivity contribution in [3.8, 4) is 16.4 Å². The molecule has 4 heterocycles. The number of aromatic nitrogens is 2. The van der Waals surface area contributed by atoms with Gasteiger partial charge in [-0.05, 0) is 30.3 Å². The lowest BCUT2D eigenvalue weighted by molar-refractivity contribution is -0.192. The monoisotopic (exact) mass is 522 g/mol. The summed E-state index contributed by atoms with van der Waals surface area (Å²) in [5.41, 5.74) is 1.62. The number of halogens is 3. The molecule has 5 rings (SSSR count). The van der Waals surface area contributed by atoms with Gasteiger partial charge in [-0.25, -0.2) is 14.8 Å². The van der Waals surface area contributed by atoms with E-state index < -0.39 is 12.1 Å². The van der Waals surface area contributed by atoms with Crippen LogP contribution in [-0.2, 0) is 16.1 Å². The first-order valence-corrected chi connectivity index (χ1v) is 11.5. The standard InChI is InChI=1S/C21H20N4O3S.C2HF3O2/c26-15-3-1-2-14(10-15)24-21-20-17(22-13-23-21)11-19(29-20)18-5-4-16(28-18)12-25-6-8-27-9-7-25;3-2(4,5)1(6)7/h1-5,10-11,13,26H,6-9,12H2,(H,22,23,24);(H,6,7).